The number of methoxy groups -OCH3 is 1. The lowest BCUT2D eigenvalue weighted by Gasteiger charge is -2.43. The molecule has 0 radical (unpaired) electrons. The summed E-state index contributed by atoms with van der Waals surface area (Å²) >= 11 is 0. The van der Waals surface area contributed by atoms with Gasteiger partial charge in [-0.2, -0.15) is 0 Å². The highest BCUT2D eigenvalue weighted by molar-refractivity contribution is 4.95. The van der Waals surface area contributed by atoms with Gasteiger partial charge in [-0.25, -0.2) is 0 Å². The summed E-state index contributed by atoms with van der Waals surface area (Å²) in [6.45, 7) is 7.19. The van der Waals surface area contributed by atoms with E-state index >= 15 is 0 Å². The molecule has 0 amide bonds. The van der Waals surface area contributed by atoms with Crippen molar-refractivity contribution in [2.45, 2.75) is 44.8 Å². The molecule has 4 heteroatoms. The Morgan fingerprint density at radius 3 is 2.53 bits per heavy atom. The summed E-state index contributed by atoms with van der Waals surface area (Å²) in [5, 5.41) is 0. The standard InChI is InChI=1S/C13H27NO3/c1-4-17-13(6-9-16-10-7-13)12(14)11(2)5-8-15-3/h11-12H,4-10,14H2,1-3H3. The fraction of sp³-hybridized carbons (Fsp3) is 1.00. The van der Waals surface area contributed by atoms with Crippen molar-refractivity contribution < 1.29 is 14.2 Å². The third-order valence-corrected chi connectivity index (χ3v) is 3.77. The van der Waals surface area contributed by atoms with Crippen LogP contribution in [-0.4, -0.2) is 45.2 Å². The van der Waals surface area contributed by atoms with Crippen LogP contribution in [-0.2, 0) is 14.2 Å². The van der Waals surface area contributed by atoms with Crippen molar-refractivity contribution in [3.63, 3.8) is 0 Å². The van der Waals surface area contributed by atoms with E-state index in [-0.39, 0.29) is 11.6 Å². The first-order valence-electron chi connectivity index (χ1n) is 6.62. The first-order valence-corrected chi connectivity index (χ1v) is 6.62. The largest absolute Gasteiger partial charge is 0.385 e. The van der Waals surface area contributed by atoms with Crippen molar-refractivity contribution in [1.82, 2.24) is 0 Å². The van der Waals surface area contributed by atoms with E-state index < -0.39 is 0 Å². The zero-order chi connectivity index (χ0) is 12.7. The highest BCUT2D eigenvalue weighted by Gasteiger charge is 2.41. The Bertz CT molecular complexity index is 199. The molecule has 0 spiro atoms. The highest BCUT2D eigenvalue weighted by atomic mass is 16.5. The Morgan fingerprint density at radius 2 is 2.00 bits per heavy atom. The van der Waals surface area contributed by atoms with Crippen molar-refractivity contribution in [3.05, 3.63) is 0 Å². The molecule has 1 aliphatic heterocycles. The lowest BCUT2D eigenvalue weighted by molar-refractivity contribution is -0.129. The Kier molecular flexibility index (Phi) is 6.41. The Morgan fingerprint density at radius 1 is 1.35 bits per heavy atom. The van der Waals surface area contributed by atoms with E-state index in [9.17, 15) is 0 Å². The van der Waals surface area contributed by atoms with E-state index in [1.807, 2.05) is 6.92 Å². The maximum Gasteiger partial charge on any atom is 0.0878 e. The van der Waals surface area contributed by atoms with Gasteiger partial charge in [0.25, 0.3) is 0 Å². The van der Waals surface area contributed by atoms with Gasteiger partial charge in [0.1, 0.15) is 0 Å². The summed E-state index contributed by atoms with van der Waals surface area (Å²) in [4.78, 5) is 0. The monoisotopic (exact) mass is 245 g/mol. The second-order valence-corrected chi connectivity index (χ2v) is 4.89. The SMILES string of the molecule is CCOC1(C(N)C(C)CCOC)CCOCC1. The molecule has 1 rings (SSSR count). The van der Waals surface area contributed by atoms with E-state index in [4.69, 9.17) is 19.9 Å². The third-order valence-electron chi connectivity index (χ3n) is 3.77. The predicted molar refractivity (Wildman–Crippen MR) is 68.0 cm³/mol. The molecule has 1 saturated heterocycles. The molecule has 0 aliphatic carbocycles. The quantitative estimate of drug-likeness (QED) is 0.740. The van der Waals surface area contributed by atoms with Crippen molar-refractivity contribution >= 4 is 0 Å². The summed E-state index contributed by atoms with van der Waals surface area (Å²) in [6.07, 6.45) is 2.78. The van der Waals surface area contributed by atoms with Crippen LogP contribution in [0.25, 0.3) is 0 Å². The highest BCUT2D eigenvalue weighted by Crippen LogP contribution is 2.32. The molecule has 1 fully saturated rings. The smallest absolute Gasteiger partial charge is 0.0878 e. The van der Waals surface area contributed by atoms with Gasteiger partial charge >= 0.3 is 0 Å². The summed E-state index contributed by atoms with van der Waals surface area (Å²) in [7, 11) is 1.73. The molecular formula is C13H27NO3. The number of hydrogen-bond acceptors (Lipinski definition) is 4. The molecule has 17 heavy (non-hydrogen) atoms. The van der Waals surface area contributed by atoms with Gasteiger partial charge in [0.05, 0.1) is 5.60 Å². The Labute approximate surface area is 105 Å². The van der Waals surface area contributed by atoms with Crippen molar-refractivity contribution in [2.75, 3.05) is 33.5 Å². The molecule has 0 aromatic carbocycles. The first kappa shape index (κ1) is 14.9. The van der Waals surface area contributed by atoms with Crippen LogP contribution in [0.3, 0.4) is 0 Å². The van der Waals surface area contributed by atoms with Gasteiger partial charge in [-0.05, 0) is 19.3 Å². The van der Waals surface area contributed by atoms with Crippen LogP contribution >= 0.6 is 0 Å². The lowest BCUT2D eigenvalue weighted by atomic mass is 9.79. The zero-order valence-electron chi connectivity index (χ0n) is 11.4. The van der Waals surface area contributed by atoms with Crippen molar-refractivity contribution in [2.24, 2.45) is 11.7 Å². The maximum atomic E-state index is 6.42. The number of rotatable bonds is 7. The minimum atomic E-state index is -0.194. The molecule has 2 N–H and O–H groups in total. The molecule has 0 aromatic heterocycles. The summed E-state index contributed by atoms with van der Waals surface area (Å²) in [5.74, 6) is 0.402. The summed E-state index contributed by atoms with van der Waals surface area (Å²) in [5.41, 5.74) is 6.22. The summed E-state index contributed by atoms with van der Waals surface area (Å²) in [6, 6.07) is 0.0569. The fourth-order valence-electron chi connectivity index (χ4n) is 2.58. The van der Waals surface area contributed by atoms with Gasteiger partial charge in [0.15, 0.2) is 0 Å². The van der Waals surface area contributed by atoms with Gasteiger partial charge in [-0.3, -0.25) is 0 Å². The van der Waals surface area contributed by atoms with Crippen LogP contribution < -0.4 is 5.73 Å². The average molecular weight is 245 g/mol. The van der Waals surface area contributed by atoms with Crippen LogP contribution in [0.2, 0.25) is 0 Å². The number of hydrogen-bond donors (Lipinski definition) is 1. The molecule has 102 valence electrons. The molecule has 0 saturated carbocycles. The molecule has 4 nitrogen and oxygen atoms in total. The van der Waals surface area contributed by atoms with Crippen LogP contribution in [0.1, 0.15) is 33.1 Å². The second kappa shape index (κ2) is 7.31. The first-order chi connectivity index (χ1) is 8.16. The lowest BCUT2D eigenvalue weighted by Crippen LogP contribution is -2.56. The average Bonchev–Trinajstić information content (AvgIpc) is 2.36. The summed E-state index contributed by atoms with van der Waals surface area (Å²) < 4.78 is 16.5. The van der Waals surface area contributed by atoms with Crippen LogP contribution in [0, 0.1) is 5.92 Å². The van der Waals surface area contributed by atoms with E-state index in [1.165, 1.54) is 0 Å². The predicted octanol–water partition coefficient (Wildman–Crippen LogP) is 1.57. The van der Waals surface area contributed by atoms with Gasteiger partial charge in [-0.15, -0.1) is 0 Å². The molecule has 2 unspecified atom stereocenters. The van der Waals surface area contributed by atoms with Crippen molar-refractivity contribution in [1.29, 1.82) is 0 Å². The molecule has 0 bridgehead atoms. The fourth-order valence-corrected chi connectivity index (χ4v) is 2.58. The minimum Gasteiger partial charge on any atom is -0.385 e. The molecule has 2 atom stereocenters. The molecule has 0 aromatic rings. The van der Waals surface area contributed by atoms with Gasteiger partial charge in [0.2, 0.25) is 0 Å². The van der Waals surface area contributed by atoms with Crippen LogP contribution in [0.4, 0.5) is 0 Å². The Balaban J connectivity index is 2.61. The minimum absolute atomic E-state index is 0.0569. The van der Waals surface area contributed by atoms with E-state index in [0.717, 1.165) is 39.1 Å². The maximum absolute atomic E-state index is 6.42. The second-order valence-electron chi connectivity index (χ2n) is 4.89. The Hall–Kier alpha value is -0.160. The number of nitrogens with two attached hydrogens (primary N) is 1. The van der Waals surface area contributed by atoms with Crippen LogP contribution in [0.15, 0.2) is 0 Å². The van der Waals surface area contributed by atoms with E-state index in [0.29, 0.717) is 12.5 Å². The molecule has 1 aliphatic rings. The van der Waals surface area contributed by atoms with Crippen LogP contribution in [0.5, 0.6) is 0 Å². The molecule has 1 heterocycles. The van der Waals surface area contributed by atoms with E-state index in [2.05, 4.69) is 6.92 Å². The van der Waals surface area contributed by atoms with Gasteiger partial charge in [0, 0.05) is 52.4 Å². The van der Waals surface area contributed by atoms with E-state index in [1.54, 1.807) is 7.11 Å². The van der Waals surface area contributed by atoms with Gasteiger partial charge < -0.3 is 19.9 Å². The topological polar surface area (TPSA) is 53.7 Å². The normalized spacial score (nSPS) is 23.3. The van der Waals surface area contributed by atoms with Crippen molar-refractivity contribution in [3.8, 4) is 0 Å². The van der Waals surface area contributed by atoms with Gasteiger partial charge in [-0.1, -0.05) is 6.92 Å². The molecular weight excluding hydrogens is 218 g/mol. The third kappa shape index (κ3) is 3.91. The number of ether oxygens (including phenoxy) is 3. The zero-order valence-corrected chi connectivity index (χ0v) is 11.4.